The normalized spacial score (nSPS) is 9.86. The van der Waals surface area contributed by atoms with Gasteiger partial charge in [0.2, 0.25) is 0 Å². The lowest BCUT2D eigenvalue weighted by Crippen LogP contribution is -1.98. The van der Waals surface area contributed by atoms with E-state index in [0.29, 0.717) is 12.0 Å². The molecule has 21 heavy (non-hydrogen) atoms. The molecule has 2 N–H and O–H groups in total. The number of nitrogens with zero attached hydrogens (tertiary/aromatic N) is 2. The Morgan fingerprint density at radius 1 is 1.00 bits per heavy atom. The molecule has 0 saturated heterocycles. The molecule has 2 aromatic rings. The molecule has 0 unspecified atom stereocenters. The Kier molecular flexibility index (Phi) is 4.11. The van der Waals surface area contributed by atoms with E-state index in [1.807, 2.05) is 36.4 Å². The predicted octanol–water partition coefficient (Wildman–Crippen LogP) is 2.99. The molecule has 0 aliphatic carbocycles. The second-order valence-corrected chi connectivity index (χ2v) is 4.72. The molecule has 4 nitrogen and oxygen atoms in total. The number of hydrogen-bond acceptors (Lipinski definition) is 4. The highest BCUT2D eigenvalue weighted by Crippen LogP contribution is 2.34. The lowest BCUT2D eigenvalue weighted by Gasteiger charge is -2.10. The first kappa shape index (κ1) is 14.4. The largest absolute Gasteiger partial charge is 0.504 e. The van der Waals surface area contributed by atoms with E-state index in [0.717, 1.165) is 12.0 Å². The minimum absolute atomic E-state index is 0.0499. The second kappa shape index (κ2) is 5.98. The van der Waals surface area contributed by atoms with E-state index in [9.17, 15) is 15.5 Å². The number of phenols is 2. The van der Waals surface area contributed by atoms with Crippen LogP contribution in [0.5, 0.6) is 11.5 Å². The molecule has 0 bridgehead atoms. The van der Waals surface area contributed by atoms with E-state index in [1.54, 1.807) is 0 Å². The number of aryl methyl sites for hydroxylation is 1. The average molecular weight is 278 g/mol. The summed E-state index contributed by atoms with van der Waals surface area (Å²) in [5.74, 6) is -0.926. The van der Waals surface area contributed by atoms with Crippen LogP contribution < -0.4 is 0 Å². The predicted molar refractivity (Wildman–Crippen MR) is 77.8 cm³/mol. The highest BCUT2D eigenvalue weighted by atomic mass is 16.3. The molecule has 0 aromatic heterocycles. The van der Waals surface area contributed by atoms with Gasteiger partial charge in [-0.05, 0) is 23.1 Å². The summed E-state index contributed by atoms with van der Waals surface area (Å²) in [7, 11) is 0. The molecule has 4 heteroatoms. The maximum Gasteiger partial charge on any atom is 0.175 e. The lowest BCUT2D eigenvalue weighted by molar-refractivity contribution is 0.402. The van der Waals surface area contributed by atoms with Gasteiger partial charge in [-0.15, -0.1) is 0 Å². The monoisotopic (exact) mass is 278 g/mol. The zero-order valence-corrected chi connectivity index (χ0v) is 11.6. The Morgan fingerprint density at radius 3 is 2.14 bits per heavy atom. The number of hydrogen-bond donors (Lipinski definition) is 2. The zero-order chi connectivity index (χ0) is 15.4. The van der Waals surface area contributed by atoms with Crippen LogP contribution in [0, 0.1) is 22.7 Å². The van der Waals surface area contributed by atoms with Crippen LogP contribution in [0.3, 0.4) is 0 Å². The number of nitriles is 2. The van der Waals surface area contributed by atoms with Gasteiger partial charge in [0.05, 0.1) is 11.6 Å². The molecule has 2 aromatic carbocycles. The Bertz CT molecular complexity index is 750. The Hall–Kier alpha value is -2.98. The van der Waals surface area contributed by atoms with Crippen LogP contribution in [0.25, 0.3) is 0 Å². The molecule has 104 valence electrons. The van der Waals surface area contributed by atoms with Crippen molar-refractivity contribution in [2.45, 2.75) is 19.8 Å². The number of rotatable bonds is 3. The fourth-order valence-electron chi connectivity index (χ4n) is 2.20. The first-order valence-corrected chi connectivity index (χ1v) is 6.56. The van der Waals surface area contributed by atoms with E-state index in [1.165, 1.54) is 11.6 Å². The van der Waals surface area contributed by atoms with Crippen molar-refractivity contribution in [1.29, 1.82) is 10.5 Å². The van der Waals surface area contributed by atoms with Gasteiger partial charge >= 0.3 is 0 Å². The van der Waals surface area contributed by atoms with Crippen LogP contribution in [0.1, 0.15) is 34.7 Å². The summed E-state index contributed by atoms with van der Waals surface area (Å²) in [4.78, 5) is 0. The quantitative estimate of drug-likeness (QED) is 0.845. The maximum absolute atomic E-state index is 9.78. The molecule has 0 amide bonds. The van der Waals surface area contributed by atoms with Gasteiger partial charge in [-0.1, -0.05) is 31.2 Å². The van der Waals surface area contributed by atoms with Crippen LogP contribution in [0.4, 0.5) is 0 Å². The van der Waals surface area contributed by atoms with E-state index >= 15 is 0 Å². The van der Waals surface area contributed by atoms with E-state index in [4.69, 9.17) is 5.26 Å². The molecule has 0 aliphatic rings. The highest BCUT2D eigenvalue weighted by molar-refractivity contribution is 5.62. The Balaban J connectivity index is 2.50. The third kappa shape index (κ3) is 2.80. The van der Waals surface area contributed by atoms with Crippen molar-refractivity contribution in [2.75, 3.05) is 0 Å². The molecule has 0 saturated carbocycles. The smallest absolute Gasteiger partial charge is 0.175 e. The minimum atomic E-state index is -0.475. The fraction of sp³-hybridized carbons (Fsp3) is 0.176. The van der Waals surface area contributed by atoms with Gasteiger partial charge in [-0.3, -0.25) is 0 Å². The van der Waals surface area contributed by atoms with Crippen molar-refractivity contribution in [2.24, 2.45) is 0 Å². The van der Waals surface area contributed by atoms with E-state index < -0.39 is 11.5 Å². The van der Waals surface area contributed by atoms with Gasteiger partial charge in [-0.25, -0.2) is 0 Å². The third-order valence-electron chi connectivity index (χ3n) is 3.43. The molecule has 2 rings (SSSR count). The lowest BCUT2D eigenvalue weighted by atomic mass is 9.94. The summed E-state index contributed by atoms with van der Waals surface area (Å²) in [6.45, 7) is 2.06. The summed E-state index contributed by atoms with van der Waals surface area (Å²) in [5, 5.41) is 37.7. The van der Waals surface area contributed by atoms with Crippen LogP contribution in [-0.2, 0) is 12.8 Å². The molecule has 0 fully saturated rings. The van der Waals surface area contributed by atoms with Crippen molar-refractivity contribution in [1.82, 2.24) is 0 Å². The Labute approximate surface area is 123 Å². The van der Waals surface area contributed by atoms with Crippen LogP contribution in [0.15, 0.2) is 30.3 Å². The molecule has 0 aliphatic heterocycles. The summed E-state index contributed by atoms with van der Waals surface area (Å²) in [5.41, 5.74) is 2.71. The fourth-order valence-corrected chi connectivity index (χ4v) is 2.20. The second-order valence-electron chi connectivity index (χ2n) is 4.72. The Morgan fingerprint density at radius 2 is 1.62 bits per heavy atom. The van der Waals surface area contributed by atoms with Crippen LogP contribution in [-0.4, -0.2) is 10.2 Å². The number of benzene rings is 2. The summed E-state index contributed by atoms with van der Waals surface area (Å²) in [6, 6.07) is 12.9. The number of aromatic hydroxyl groups is 2. The molecule has 0 radical (unpaired) electrons. The van der Waals surface area contributed by atoms with Gasteiger partial charge in [0, 0.05) is 12.5 Å². The van der Waals surface area contributed by atoms with Gasteiger partial charge in [0.15, 0.2) is 11.5 Å². The van der Waals surface area contributed by atoms with Crippen molar-refractivity contribution in [3.05, 3.63) is 58.1 Å². The van der Waals surface area contributed by atoms with Gasteiger partial charge < -0.3 is 10.2 Å². The first-order chi connectivity index (χ1) is 10.1. The van der Waals surface area contributed by atoms with Crippen molar-refractivity contribution in [3.8, 4) is 23.6 Å². The zero-order valence-electron chi connectivity index (χ0n) is 11.6. The molecular formula is C17H14N2O2. The van der Waals surface area contributed by atoms with Gasteiger partial charge in [0.25, 0.3) is 0 Å². The van der Waals surface area contributed by atoms with Crippen molar-refractivity contribution < 1.29 is 10.2 Å². The molecule has 0 spiro atoms. The van der Waals surface area contributed by atoms with Crippen molar-refractivity contribution in [3.63, 3.8) is 0 Å². The molecular weight excluding hydrogens is 264 g/mol. The van der Waals surface area contributed by atoms with Crippen molar-refractivity contribution >= 4 is 0 Å². The number of phenolic OH excluding ortho intramolecular Hbond substituents is 2. The summed E-state index contributed by atoms with van der Waals surface area (Å²) < 4.78 is 0. The van der Waals surface area contributed by atoms with Gasteiger partial charge in [-0.2, -0.15) is 10.5 Å². The van der Waals surface area contributed by atoms with E-state index in [2.05, 4.69) is 6.92 Å². The summed E-state index contributed by atoms with van der Waals surface area (Å²) in [6.07, 6.45) is 1.29. The van der Waals surface area contributed by atoms with Gasteiger partial charge in [0.1, 0.15) is 11.6 Å². The topological polar surface area (TPSA) is 88.0 Å². The highest BCUT2D eigenvalue weighted by Gasteiger charge is 2.17. The minimum Gasteiger partial charge on any atom is -0.504 e. The van der Waals surface area contributed by atoms with Crippen LogP contribution in [0.2, 0.25) is 0 Å². The first-order valence-electron chi connectivity index (χ1n) is 6.56. The van der Waals surface area contributed by atoms with Crippen LogP contribution >= 0.6 is 0 Å². The maximum atomic E-state index is 9.78. The third-order valence-corrected chi connectivity index (χ3v) is 3.43. The SMILES string of the molecule is CCc1ccc(Cc2c(C#N)cc(O)c(O)c2C#N)cc1. The molecule has 0 atom stereocenters. The molecule has 0 heterocycles. The van der Waals surface area contributed by atoms with E-state index in [-0.39, 0.29) is 11.1 Å². The summed E-state index contributed by atoms with van der Waals surface area (Å²) >= 11 is 0. The standard InChI is InChI=1S/C17H14N2O2/c1-2-11-3-5-12(6-4-11)7-14-13(9-18)8-16(20)17(21)15(14)10-19/h3-6,8,20-21H,2,7H2,1H3. The average Bonchev–Trinajstić information content (AvgIpc) is 2.51.